The van der Waals surface area contributed by atoms with Crippen LogP contribution in [0.25, 0.3) is 0 Å². The molecule has 4 N–H and O–H groups in total. The van der Waals surface area contributed by atoms with E-state index in [2.05, 4.69) is 4.98 Å². The van der Waals surface area contributed by atoms with E-state index in [1.54, 1.807) is 5.48 Å². The van der Waals surface area contributed by atoms with Gasteiger partial charge in [-0.15, -0.1) is 0 Å². The average Bonchev–Trinajstić information content (AvgIpc) is 2.61. The second kappa shape index (κ2) is 4.81. The molecule has 2 rings (SSSR count). The number of ether oxygens (including phenoxy) is 1. The summed E-state index contributed by atoms with van der Waals surface area (Å²) in [6, 6.07) is 1.07. The summed E-state index contributed by atoms with van der Waals surface area (Å²) in [6.07, 6.45) is -4.88. The SMILES string of the molecule is O=c1nc(NO)ccn1[C@@H]1O[C@H](CO)[C@H](O)C1(F)F. The van der Waals surface area contributed by atoms with Crippen molar-refractivity contribution in [2.75, 3.05) is 12.1 Å². The number of hydrogen-bond acceptors (Lipinski definition) is 7. The lowest BCUT2D eigenvalue weighted by Crippen LogP contribution is -2.41. The predicted octanol–water partition coefficient (Wildman–Crippen LogP) is -1.07. The van der Waals surface area contributed by atoms with Gasteiger partial charge in [0, 0.05) is 6.20 Å². The largest absolute Gasteiger partial charge is 0.394 e. The van der Waals surface area contributed by atoms with Crippen molar-refractivity contribution in [3.8, 4) is 0 Å². The lowest BCUT2D eigenvalue weighted by Gasteiger charge is -2.20. The molecule has 0 amide bonds. The van der Waals surface area contributed by atoms with Crippen molar-refractivity contribution >= 4 is 5.82 Å². The molecule has 0 saturated carbocycles. The van der Waals surface area contributed by atoms with E-state index in [9.17, 15) is 18.7 Å². The molecule has 0 spiro atoms. The summed E-state index contributed by atoms with van der Waals surface area (Å²) in [5, 5.41) is 26.7. The van der Waals surface area contributed by atoms with E-state index in [0.717, 1.165) is 12.3 Å². The first-order chi connectivity index (χ1) is 8.91. The summed E-state index contributed by atoms with van der Waals surface area (Å²) in [4.78, 5) is 14.8. The summed E-state index contributed by atoms with van der Waals surface area (Å²) >= 11 is 0. The minimum Gasteiger partial charge on any atom is -0.394 e. The van der Waals surface area contributed by atoms with Gasteiger partial charge in [0.1, 0.15) is 6.10 Å². The van der Waals surface area contributed by atoms with E-state index in [4.69, 9.17) is 15.1 Å². The molecule has 0 bridgehead atoms. The fourth-order valence-electron chi connectivity index (χ4n) is 1.77. The highest BCUT2D eigenvalue weighted by atomic mass is 19.3. The second-order valence-electron chi connectivity index (χ2n) is 3.94. The third kappa shape index (κ3) is 2.18. The average molecular weight is 279 g/mol. The number of aliphatic hydroxyl groups is 2. The molecule has 0 aliphatic carbocycles. The minimum atomic E-state index is -3.76. The summed E-state index contributed by atoms with van der Waals surface area (Å²) in [7, 11) is 0. The third-order valence-electron chi connectivity index (χ3n) is 2.76. The maximum Gasteiger partial charge on any atom is 0.351 e. The van der Waals surface area contributed by atoms with E-state index in [-0.39, 0.29) is 5.82 Å². The molecule has 1 aromatic rings. The fourth-order valence-corrected chi connectivity index (χ4v) is 1.77. The Morgan fingerprint density at radius 1 is 1.58 bits per heavy atom. The molecular formula is C9H11F2N3O5. The summed E-state index contributed by atoms with van der Waals surface area (Å²) in [6.45, 7) is -0.814. The van der Waals surface area contributed by atoms with Crippen LogP contribution in [0.5, 0.6) is 0 Å². The van der Waals surface area contributed by atoms with Gasteiger partial charge in [0.25, 0.3) is 0 Å². The summed E-state index contributed by atoms with van der Waals surface area (Å²) in [5.41, 5.74) is 0.491. The van der Waals surface area contributed by atoms with Gasteiger partial charge in [-0.1, -0.05) is 0 Å². The van der Waals surface area contributed by atoms with Gasteiger partial charge in [-0.2, -0.15) is 13.8 Å². The normalized spacial score (nSPS) is 29.4. The Kier molecular flexibility index (Phi) is 3.49. The molecule has 1 aromatic heterocycles. The first-order valence-electron chi connectivity index (χ1n) is 5.23. The van der Waals surface area contributed by atoms with Gasteiger partial charge in [0.15, 0.2) is 11.9 Å². The molecule has 8 nitrogen and oxygen atoms in total. The Balaban J connectivity index is 2.39. The number of aliphatic hydroxyl groups excluding tert-OH is 2. The van der Waals surface area contributed by atoms with Gasteiger partial charge in [0.2, 0.25) is 6.23 Å². The van der Waals surface area contributed by atoms with E-state index in [0.29, 0.717) is 4.57 Å². The Bertz CT molecular complexity index is 523. The van der Waals surface area contributed by atoms with Gasteiger partial charge in [0.05, 0.1) is 6.61 Å². The highest BCUT2D eigenvalue weighted by molar-refractivity contribution is 5.28. The van der Waals surface area contributed by atoms with Crippen LogP contribution in [0.15, 0.2) is 17.1 Å². The van der Waals surface area contributed by atoms with E-state index >= 15 is 0 Å². The van der Waals surface area contributed by atoms with Crippen LogP contribution in [0.3, 0.4) is 0 Å². The number of aromatic nitrogens is 2. The zero-order chi connectivity index (χ0) is 14.2. The topological polar surface area (TPSA) is 117 Å². The number of nitrogens with one attached hydrogen (secondary N) is 1. The highest BCUT2D eigenvalue weighted by Crippen LogP contribution is 2.41. The van der Waals surface area contributed by atoms with E-state index in [1.165, 1.54) is 0 Å². The van der Waals surface area contributed by atoms with Crippen molar-refractivity contribution in [1.29, 1.82) is 0 Å². The monoisotopic (exact) mass is 279 g/mol. The molecule has 0 aromatic carbocycles. The van der Waals surface area contributed by atoms with E-state index in [1.807, 2.05) is 0 Å². The molecular weight excluding hydrogens is 268 g/mol. The molecule has 1 aliphatic heterocycles. The second-order valence-corrected chi connectivity index (χ2v) is 3.94. The predicted molar refractivity (Wildman–Crippen MR) is 55.9 cm³/mol. The van der Waals surface area contributed by atoms with Gasteiger partial charge in [-0.25, -0.2) is 4.79 Å². The smallest absolute Gasteiger partial charge is 0.351 e. The Labute approximate surface area is 104 Å². The molecule has 3 atom stereocenters. The van der Waals surface area contributed by atoms with Crippen LogP contribution >= 0.6 is 0 Å². The minimum absolute atomic E-state index is 0.221. The van der Waals surface area contributed by atoms with Crippen LogP contribution in [0.2, 0.25) is 0 Å². The van der Waals surface area contributed by atoms with Gasteiger partial charge in [-0.05, 0) is 6.07 Å². The molecule has 0 unspecified atom stereocenters. The highest BCUT2D eigenvalue weighted by Gasteiger charge is 2.59. The molecule has 0 radical (unpaired) electrons. The molecule has 10 heteroatoms. The van der Waals surface area contributed by atoms with Crippen LogP contribution < -0.4 is 11.2 Å². The van der Waals surface area contributed by atoms with Crippen molar-refractivity contribution in [2.45, 2.75) is 24.4 Å². The molecule has 106 valence electrons. The molecule has 1 aliphatic rings. The number of anilines is 1. The van der Waals surface area contributed by atoms with Crippen molar-refractivity contribution in [3.63, 3.8) is 0 Å². The summed E-state index contributed by atoms with van der Waals surface area (Å²) in [5.74, 6) is -3.98. The lowest BCUT2D eigenvalue weighted by molar-refractivity contribution is -0.140. The molecule has 19 heavy (non-hydrogen) atoms. The van der Waals surface area contributed by atoms with Crippen LogP contribution in [0.4, 0.5) is 14.6 Å². The van der Waals surface area contributed by atoms with E-state index < -0.39 is 36.7 Å². The maximum absolute atomic E-state index is 13.7. The van der Waals surface area contributed by atoms with Crippen molar-refractivity contribution in [1.82, 2.24) is 9.55 Å². The first-order valence-corrected chi connectivity index (χ1v) is 5.23. The Morgan fingerprint density at radius 2 is 2.26 bits per heavy atom. The number of hydrogen-bond donors (Lipinski definition) is 4. The lowest BCUT2D eigenvalue weighted by atomic mass is 10.1. The number of nitrogens with zero attached hydrogens (tertiary/aromatic N) is 2. The maximum atomic E-state index is 13.7. The Hall–Kier alpha value is -1.62. The summed E-state index contributed by atoms with van der Waals surface area (Å²) < 4.78 is 32.7. The molecule has 1 saturated heterocycles. The van der Waals surface area contributed by atoms with Crippen LogP contribution in [0, 0.1) is 0 Å². The molecule has 2 heterocycles. The van der Waals surface area contributed by atoms with Gasteiger partial charge < -0.3 is 14.9 Å². The van der Waals surface area contributed by atoms with Crippen LogP contribution in [-0.2, 0) is 4.74 Å². The molecule has 1 fully saturated rings. The standard InChI is InChI=1S/C9H11F2N3O5/c10-9(11)6(16)4(3-15)19-7(9)14-2-1-5(13-18)12-8(14)17/h1-2,4,6-7,15-16,18H,3H2,(H,12,13,17)/t4-,6+,7-/m1/s1. The fraction of sp³-hybridized carbons (Fsp3) is 0.556. The van der Waals surface area contributed by atoms with Crippen molar-refractivity contribution in [2.24, 2.45) is 0 Å². The zero-order valence-electron chi connectivity index (χ0n) is 9.40. The number of rotatable bonds is 3. The van der Waals surface area contributed by atoms with Crippen LogP contribution in [-0.4, -0.2) is 49.7 Å². The van der Waals surface area contributed by atoms with Crippen molar-refractivity contribution < 1.29 is 28.9 Å². The third-order valence-corrected chi connectivity index (χ3v) is 2.76. The Morgan fingerprint density at radius 3 is 2.74 bits per heavy atom. The number of halogens is 2. The van der Waals surface area contributed by atoms with Crippen molar-refractivity contribution in [3.05, 3.63) is 22.7 Å². The van der Waals surface area contributed by atoms with Crippen LogP contribution in [0.1, 0.15) is 6.23 Å². The zero-order valence-corrected chi connectivity index (χ0v) is 9.40. The quantitative estimate of drug-likeness (QED) is 0.520. The number of alkyl halides is 2. The first kappa shape index (κ1) is 13.8. The van der Waals surface area contributed by atoms with Gasteiger partial charge >= 0.3 is 11.6 Å². The van der Waals surface area contributed by atoms with Gasteiger partial charge in [-0.3, -0.25) is 15.3 Å².